The molecule has 2 heterocycles. The highest BCUT2D eigenvalue weighted by atomic mass is 32.1. The molecule has 1 aromatic heterocycles. The summed E-state index contributed by atoms with van der Waals surface area (Å²) in [4.78, 5) is 8.63. The van der Waals surface area contributed by atoms with Crippen LogP contribution in [-0.2, 0) is 6.54 Å². The molecule has 19 heavy (non-hydrogen) atoms. The van der Waals surface area contributed by atoms with Crippen LogP contribution in [0.25, 0.3) is 0 Å². The number of aryl methyl sites for hydroxylation is 1. The maximum Gasteiger partial charge on any atom is 0.185 e. The largest absolute Gasteiger partial charge is 0.348 e. The fourth-order valence-electron chi connectivity index (χ4n) is 2.53. The minimum atomic E-state index is 0.705. The zero-order valence-electron chi connectivity index (χ0n) is 12.7. The van der Waals surface area contributed by atoms with Gasteiger partial charge in [-0.3, -0.25) is 0 Å². The average Bonchev–Trinajstić information content (AvgIpc) is 2.96. The standard InChI is InChI=1S/C15H27N3S/c1-5-13-6-7-18(10-13)15-17-12(4)14(19-15)9-16-8-11(2)3/h11,13,16H,5-10H2,1-4H3. The Balaban J connectivity index is 1.93. The zero-order valence-corrected chi connectivity index (χ0v) is 13.5. The van der Waals surface area contributed by atoms with E-state index in [4.69, 9.17) is 4.98 Å². The highest BCUT2D eigenvalue weighted by Crippen LogP contribution is 2.31. The normalized spacial score (nSPS) is 19.6. The number of hydrogen-bond donors (Lipinski definition) is 1. The molecule has 0 aromatic carbocycles. The Morgan fingerprint density at radius 1 is 1.47 bits per heavy atom. The molecule has 3 nitrogen and oxygen atoms in total. The molecule has 4 heteroatoms. The molecule has 0 amide bonds. The lowest BCUT2D eigenvalue weighted by Gasteiger charge is -2.14. The van der Waals surface area contributed by atoms with Gasteiger partial charge in [-0.05, 0) is 31.7 Å². The first-order chi connectivity index (χ1) is 9.10. The Bertz CT molecular complexity index is 400. The highest BCUT2D eigenvalue weighted by Gasteiger charge is 2.23. The number of nitrogens with zero attached hydrogens (tertiary/aromatic N) is 2. The van der Waals surface area contributed by atoms with Gasteiger partial charge in [0.2, 0.25) is 0 Å². The molecule has 1 aromatic rings. The maximum absolute atomic E-state index is 4.76. The Morgan fingerprint density at radius 2 is 2.26 bits per heavy atom. The van der Waals surface area contributed by atoms with Gasteiger partial charge in [-0.2, -0.15) is 0 Å². The Morgan fingerprint density at radius 3 is 2.89 bits per heavy atom. The molecule has 108 valence electrons. The summed E-state index contributed by atoms with van der Waals surface area (Å²) in [5, 5.41) is 4.75. The van der Waals surface area contributed by atoms with Crippen LogP contribution in [0.15, 0.2) is 0 Å². The molecule has 1 N–H and O–H groups in total. The monoisotopic (exact) mass is 281 g/mol. The van der Waals surface area contributed by atoms with Crippen molar-refractivity contribution in [1.29, 1.82) is 0 Å². The molecule has 1 aliphatic rings. The highest BCUT2D eigenvalue weighted by molar-refractivity contribution is 7.15. The van der Waals surface area contributed by atoms with Crippen molar-refractivity contribution in [3.8, 4) is 0 Å². The molecular weight excluding hydrogens is 254 g/mol. The van der Waals surface area contributed by atoms with E-state index in [0.717, 1.165) is 19.0 Å². The molecule has 2 rings (SSSR count). The quantitative estimate of drug-likeness (QED) is 0.866. The van der Waals surface area contributed by atoms with Gasteiger partial charge in [0.1, 0.15) is 0 Å². The van der Waals surface area contributed by atoms with E-state index in [1.165, 1.54) is 41.6 Å². The van der Waals surface area contributed by atoms with Gasteiger partial charge in [0, 0.05) is 24.5 Å². The fourth-order valence-corrected chi connectivity index (χ4v) is 3.59. The molecule has 0 aliphatic carbocycles. The van der Waals surface area contributed by atoms with Gasteiger partial charge in [-0.15, -0.1) is 11.3 Å². The Kier molecular flexibility index (Phi) is 5.22. The molecule has 1 atom stereocenters. The van der Waals surface area contributed by atoms with Crippen LogP contribution in [0.4, 0.5) is 5.13 Å². The summed E-state index contributed by atoms with van der Waals surface area (Å²) in [6.07, 6.45) is 2.62. The first-order valence-electron chi connectivity index (χ1n) is 7.52. The molecule has 0 bridgehead atoms. The van der Waals surface area contributed by atoms with E-state index in [0.29, 0.717) is 5.92 Å². The number of rotatable bonds is 6. The van der Waals surface area contributed by atoms with Crippen LogP contribution >= 0.6 is 11.3 Å². The second-order valence-electron chi connectivity index (χ2n) is 6.04. The molecule has 0 spiro atoms. The topological polar surface area (TPSA) is 28.2 Å². The number of thiazole rings is 1. The second kappa shape index (κ2) is 6.71. The van der Waals surface area contributed by atoms with Gasteiger partial charge >= 0.3 is 0 Å². The number of hydrogen-bond acceptors (Lipinski definition) is 4. The molecule has 1 aliphatic heterocycles. The van der Waals surface area contributed by atoms with E-state index in [1.807, 2.05) is 11.3 Å². The van der Waals surface area contributed by atoms with E-state index < -0.39 is 0 Å². The summed E-state index contributed by atoms with van der Waals surface area (Å²) in [5.74, 6) is 1.57. The van der Waals surface area contributed by atoms with Crippen molar-refractivity contribution in [2.45, 2.75) is 47.1 Å². The summed E-state index contributed by atoms with van der Waals surface area (Å²) >= 11 is 1.87. The SMILES string of the molecule is CCC1CCN(c2nc(C)c(CNCC(C)C)s2)C1. The van der Waals surface area contributed by atoms with E-state index in [1.54, 1.807) is 0 Å². The molecule has 1 saturated heterocycles. The summed E-state index contributed by atoms with van der Waals surface area (Å²) in [6.45, 7) is 13.3. The van der Waals surface area contributed by atoms with Gasteiger partial charge < -0.3 is 10.2 Å². The first-order valence-corrected chi connectivity index (χ1v) is 8.33. The third kappa shape index (κ3) is 3.93. The van der Waals surface area contributed by atoms with Gasteiger partial charge in [-0.1, -0.05) is 27.2 Å². The third-order valence-electron chi connectivity index (χ3n) is 3.85. The van der Waals surface area contributed by atoms with Crippen LogP contribution < -0.4 is 10.2 Å². The van der Waals surface area contributed by atoms with Crippen LogP contribution in [0.1, 0.15) is 44.2 Å². The van der Waals surface area contributed by atoms with E-state index in [-0.39, 0.29) is 0 Å². The Labute approximate surface area is 121 Å². The van der Waals surface area contributed by atoms with Crippen molar-refractivity contribution in [3.05, 3.63) is 10.6 Å². The van der Waals surface area contributed by atoms with Crippen LogP contribution in [0.5, 0.6) is 0 Å². The molecule has 1 unspecified atom stereocenters. The summed E-state index contributed by atoms with van der Waals surface area (Å²) in [7, 11) is 0. The van der Waals surface area contributed by atoms with E-state index in [2.05, 4.69) is 37.9 Å². The van der Waals surface area contributed by atoms with Crippen LogP contribution in [0, 0.1) is 18.8 Å². The van der Waals surface area contributed by atoms with Crippen molar-refractivity contribution in [2.75, 3.05) is 24.5 Å². The molecule has 0 saturated carbocycles. The lowest BCUT2D eigenvalue weighted by molar-refractivity contribution is 0.554. The van der Waals surface area contributed by atoms with E-state index >= 15 is 0 Å². The fraction of sp³-hybridized carbons (Fsp3) is 0.800. The van der Waals surface area contributed by atoms with Gasteiger partial charge in [0.25, 0.3) is 0 Å². The molecule has 0 radical (unpaired) electrons. The average molecular weight is 281 g/mol. The minimum absolute atomic E-state index is 0.705. The summed E-state index contributed by atoms with van der Waals surface area (Å²) < 4.78 is 0. The minimum Gasteiger partial charge on any atom is -0.348 e. The lowest BCUT2D eigenvalue weighted by Crippen LogP contribution is -2.19. The van der Waals surface area contributed by atoms with Crippen molar-refractivity contribution < 1.29 is 0 Å². The lowest BCUT2D eigenvalue weighted by atomic mass is 10.1. The van der Waals surface area contributed by atoms with Crippen LogP contribution in [-0.4, -0.2) is 24.6 Å². The van der Waals surface area contributed by atoms with E-state index in [9.17, 15) is 0 Å². The van der Waals surface area contributed by atoms with Crippen molar-refractivity contribution >= 4 is 16.5 Å². The number of anilines is 1. The van der Waals surface area contributed by atoms with Crippen LogP contribution in [0.2, 0.25) is 0 Å². The second-order valence-corrected chi connectivity index (χ2v) is 7.10. The van der Waals surface area contributed by atoms with Crippen molar-refractivity contribution in [3.63, 3.8) is 0 Å². The van der Waals surface area contributed by atoms with Gasteiger partial charge in [0.05, 0.1) is 5.69 Å². The summed E-state index contributed by atoms with van der Waals surface area (Å²) in [6, 6.07) is 0. The predicted octanol–water partition coefficient (Wildman–Crippen LogP) is 3.43. The number of aromatic nitrogens is 1. The molecule has 1 fully saturated rings. The summed E-state index contributed by atoms with van der Waals surface area (Å²) in [5.41, 5.74) is 1.20. The third-order valence-corrected chi connectivity index (χ3v) is 5.07. The predicted molar refractivity (Wildman–Crippen MR) is 84.0 cm³/mol. The van der Waals surface area contributed by atoms with Crippen LogP contribution in [0.3, 0.4) is 0 Å². The maximum atomic E-state index is 4.76. The van der Waals surface area contributed by atoms with Crippen molar-refractivity contribution in [1.82, 2.24) is 10.3 Å². The Hall–Kier alpha value is -0.610. The first kappa shape index (κ1) is 14.8. The van der Waals surface area contributed by atoms with Gasteiger partial charge in [0.15, 0.2) is 5.13 Å². The zero-order chi connectivity index (χ0) is 13.8. The smallest absolute Gasteiger partial charge is 0.185 e. The molecular formula is C15H27N3S. The van der Waals surface area contributed by atoms with Gasteiger partial charge in [-0.25, -0.2) is 4.98 Å². The van der Waals surface area contributed by atoms with Crippen molar-refractivity contribution in [2.24, 2.45) is 11.8 Å². The number of nitrogens with one attached hydrogen (secondary N) is 1.